The highest BCUT2D eigenvalue weighted by Gasteiger charge is 2.19. The summed E-state index contributed by atoms with van der Waals surface area (Å²) < 4.78 is 16.7. The van der Waals surface area contributed by atoms with Crippen molar-refractivity contribution < 1.29 is 28.6 Å². The summed E-state index contributed by atoms with van der Waals surface area (Å²) in [5, 5.41) is 0. The smallest absolute Gasteiger partial charge is 0.306 e. The zero-order chi connectivity index (χ0) is 52.9. The van der Waals surface area contributed by atoms with Gasteiger partial charge in [0, 0.05) is 19.3 Å². The number of rotatable bonds is 55. The number of ether oxygens (including phenoxy) is 3. The van der Waals surface area contributed by atoms with Crippen molar-refractivity contribution in [1.82, 2.24) is 0 Å². The van der Waals surface area contributed by atoms with Gasteiger partial charge in [-0.05, 0) is 83.5 Å². The number of carbonyl (C=O) groups excluding carboxylic acids is 3. The van der Waals surface area contributed by atoms with E-state index in [1.165, 1.54) is 135 Å². The van der Waals surface area contributed by atoms with Crippen LogP contribution in [0.5, 0.6) is 0 Å². The van der Waals surface area contributed by atoms with E-state index >= 15 is 0 Å². The SMILES string of the molecule is CC/C=C\C/C=C\C/C=C\C/C=C\C/C=C\C/C=C\C/C=C\C/C=C\CCCCC(=O)OCC(COC(=O)CCCCCCC)OC(=O)CCCCCCCCCCCCCCCCCCCCCCCCC. The minimum absolute atomic E-state index is 0.0904. The fourth-order valence-corrected chi connectivity index (χ4v) is 8.52. The molecule has 1 atom stereocenters. The zero-order valence-corrected chi connectivity index (χ0v) is 47.9. The van der Waals surface area contributed by atoms with Crippen molar-refractivity contribution in [2.75, 3.05) is 13.2 Å². The fourth-order valence-electron chi connectivity index (χ4n) is 8.52. The maximum Gasteiger partial charge on any atom is 0.306 e. The van der Waals surface area contributed by atoms with Crippen LogP contribution in [-0.4, -0.2) is 37.2 Å². The second kappa shape index (κ2) is 60.9. The molecule has 0 aliphatic carbocycles. The summed E-state index contributed by atoms with van der Waals surface area (Å²) >= 11 is 0. The predicted octanol–water partition coefficient (Wildman–Crippen LogP) is 20.9. The summed E-state index contributed by atoms with van der Waals surface area (Å²) in [4.78, 5) is 37.9. The van der Waals surface area contributed by atoms with Crippen LogP contribution < -0.4 is 0 Å². The number of carbonyl (C=O) groups is 3. The van der Waals surface area contributed by atoms with E-state index in [1.807, 2.05) is 0 Å². The monoisotopic (exact) mass is 1010 g/mol. The molecule has 0 N–H and O–H groups in total. The van der Waals surface area contributed by atoms with Gasteiger partial charge in [0.25, 0.3) is 0 Å². The zero-order valence-electron chi connectivity index (χ0n) is 47.9. The van der Waals surface area contributed by atoms with Gasteiger partial charge in [0.1, 0.15) is 13.2 Å². The third-order valence-corrected chi connectivity index (χ3v) is 13.1. The summed E-state index contributed by atoms with van der Waals surface area (Å²) in [5.74, 6) is -0.943. The fraction of sp³-hybridized carbons (Fsp3) is 0.716. The van der Waals surface area contributed by atoms with Crippen molar-refractivity contribution >= 4 is 17.9 Å². The van der Waals surface area contributed by atoms with Crippen LogP contribution in [0.4, 0.5) is 0 Å². The van der Waals surface area contributed by atoms with Gasteiger partial charge in [0.05, 0.1) is 0 Å². The summed E-state index contributed by atoms with van der Waals surface area (Å²) in [6, 6.07) is 0. The maximum absolute atomic E-state index is 12.8. The number of hydrogen-bond donors (Lipinski definition) is 0. The first-order chi connectivity index (χ1) is 36.0. The van der Waals surface area contributed by atoms with Crippen molar-refractivity contribution in [3.63, 3.8) is 0 Å². The van der Waals surface area contributed by atoms with Crippen molar-refractivity contribution in [1.29, 1.82) is 0 Å². The van der Waals surface area contributed by atoms with E-state index in [1.54, 1.807) is 0 Å². The molecule has 0 rings (SSSR count). The molecule has 0 aliphatic rings. The van der Waals surface area contributed by atoms with Crippen molar-refractivity contribution in [3.05, 3.63) is 97.2 Å². The minimum atomic E-state index is -0.791. The lowest BCUT2D eigenvalue weighted by Crippen LogP contribution is -2.30. The summed E-state index contributed by atoms with van der Waals surface area (Å²) in [7, 11) is 0. The van der Waals surface area contributed by atoms with Gasteiger partial charge in [-0.3, -0.25) is 14.4 Å². The molecule has 1 unspecified atom stereocenters. The predicted molar refractivity (Wildman–Crippen MR) is 316 cm³/mol. The van der Waals surface area contributed by atoms with Crippen LogP contribution in [-0.2, 0) is 28.6 Å². The van der Waals surface area contributed by atoms with Crippen molar-refractivity contribution in [2.24, 2.45) is 0 Å². The molecule has 0 saturated carbocycles. The van der Waals surface area contributed by atoms with Gasteiger partial charge in [-0.25, -0.2) is 0 Å². The Morgan fingerprint density at radius 2 is 0.534 bits per heavy atom. The lowest BCUT2D eigenvalue weighted by atomic mass is 10.0. The Balaban J connectivity index is 4.15. The van der Waals surface area contributed by atoms with Gasteiger partial charge in [-0.2, -0.15) is 0 Å². The largest absolute Gasteiger partial charge is 0.462 e. The first-order valence-electron chi connectivity index (χ1n) is 30.7. The molecule has 0 amide bonds. The number of esters is 3. The standard InChI is InChI=1S/C67H114O6/c1-4-7-10-13-15-17-19-21-23-25-27-29-31-32-33-34-36-37-39-41-43-45-47-49-51-54-57-60-66(69)72-63-64(62-71-65(68)59-56-53-12-9-6-3)73-67(70)61-58-55-52-50-48-46-44-42-40-38-35-30-28-26-24-22-20-18-16-14-11-8-5-2/h7,10,15,17,21,23,27,29,32-33,36-37,41,43,47,49,64H,4-6,8-9,11-14,16,18-20,22,24-26,28,30-31,34-35,38-40,42,44-46,48,50-63H2,1-3H3/b10-7-,17-15-,23-21-,29-27-,33-32-,37-36-,43-41-,49-47-. The maximum atomic E-state index is 12.8. The van der Waals surface area contributed by atoms with Crippen LogP contribution in [0.3, 0.4) is 0 Å². The summed E-state index contributed by atoms with van der Waals surface area (Å²) in [6.45, 7) is 6.43. The van der Waals surface area contributed by atoms with Gasteiger partial charge in [0.15, 0.2) is 6.10 Å². The van der Waals surface area contributed by atoms with Crippen LogP contribution in [0.2, 0.25) is 0 Å². The third kappa shape index (κ3) is 59.1. The Hall–Kier alpha value is -3.67. The van der Waals surface area contributed by atoms with Crippen molar-refractivity contribution in [2.45, 2.75) is 297 Å². The van der Waals surface area contributed by atoms with Gasteiger partial charge in [0.2, 0.25) is 0 Å². The average Bonchev–Trinajstić information content (AvgIpc) is 3.39. The number of unbranched alkanes of at least 4 members (excludes halogenated alkanes) is 28. The Morgan fingerprint density at radius 1 is 0.288 bits per heavy atom. The molecule has 0 radical (unpaired) electrons. The van der Waals surface area contributed by atoms with Gasteiger partial charge < -0.3 is 14.2 Å². The Morgan fingerprint density at radius 3 is 0.836 bits per heavy atom. The highest BCUT2D eigenvalue weighted by atomic mass is 16.6. The van der Waals surface area contributed by atoms with Crippen molar-refractivity contribution in [3.8, 4) is 0 Å². The Bertz CT molecular complexity index is 1440. The van der Waals surface area contributed by atoms with Crippen LogP contribution in [0.15, 0.2) is 97.2 Å². The molecule has 0 aromatic heterocycles. The molecule has 6 heteroatoms. The number of hydrogen-bond acceptors (Lipinski definition) is 6. The molecule has 0 aliphatic heterocycles. The Kier molecular flexibility index (Phi) is 57.8. The Labute approximate surface area is 451 Å². The molecule has 0 heterocycles. The van der Waals surface area contributed by atoms with E-state index in [0.717, 1.165) is 116 Å². The van der Waals surface area contributed by atoms with Gasteiger partial charge >= 0.3 is 17.9 Å². The van der Waals surface area contributed by atoms with E-state index in [9.17, 15) is 14.4 Å². The highest BCUT2D eigenvalue weighted by Crippen LogP contribution is 2.17. The quantitative estimate of drug-likeness (QED) is 0.0261. The highest BCUT2D eigenvalue weighted by molar-refractivity contribution is 5.71. The molecular weight excluding hydrogens is 901 g/mol. The van der Waals surface area contributed by atoms with Gasteiger partial charge in [-0.1, -0.05) is 285 Å². The molecule has 0 saturated heterocycles. The average molecular weight is 1020 g/mol. The summed E-state index contributed by atoms with van der Waals surface area (Å²) in [6.07, 6.45) is 81.8. The van der Waals surface area contributed by atoms with E-state index in [2.05, 4.69) is 118 Å². The first-order valence-corrected chi connectivity index (χ1v) is 30.7. The van der Waals surface area contributed by atoms with Crippen LogP contribution in [0, 0.1) is 0 Å². The lowest BCUT2D eigenvalue weighted by Gasteiger charge is -2.18. The normalized spacial score (nSPS) is 12.8. The summed E-state index contributed by atoms with van der Waals surface area (Å²) in [5.41, 5.74) is 0. The molecule has 73 heavy (non-hydrogen) atoms. The number of allylic oxidation sites excluding steroid dienone is 16. The van der Waals surface area contributed by atoms with E-state index in [0.29, 0.717) is 19.3 Å². The third-order valence-electron chi connectivity index (χ3n) is 13.1. The second-order valence-electron chi connectivity index (χ2n) is 20.2. The second-order valence-corrected chi connectivity index (χ2v) is 20.2. The van der Waals surface area contributed by atoms with Crippen LogP contribution in [0.1, 0.15) is 290 Å². The van der Waals surface area contributed by atoms with Gasteiger partial charge in [-0.15, -0.1) is 0 Å². The van der Waals surface area contributed by atoms with E-state index in [4.69, 9.17) is 14.2 Å². The molecule has 0 aromatic carbocycles. The first kappa shape index (κ1) is 69.3. The van der Waals surface area contributed by atoms with E-state index in [-0.39, 0.29) is 31.1 Å². The van der Waals surface area contributed by atoms with Crippen LogP contribution in [0.25, 0.3) is 0 Å². The molecule has 0 fully saturated rings. The lowest BCUT2D eigenvalue weighted by molar-refractivity contribution is -0.167. The topological polar surface area (TPSA) is 78.9 Å². The molecule has 0 spiro atoms. The molecule has 0 aromatic rings. The molecule has 6 nitrogen and oxygen atoms in total. The van der Waals surface area contributed by atoms with E-state index < -0.39 is 6.10 Å². The molecule has 0 bridgehead atoms. The minimum Gasteiger partial charge on any atom is -0.462 e. The molecular formula is C67H114O6. The molecule has 418 valence electrons. The van der Waals surface area contributed by atoms with Crippen LogP contribution >= 0.6 is 0 Å².